The van der Waals surface area contributed by atoms with Crippen molar-refractivity contribution < 1.29 is 19.8 Å². The zero-order valence-electron chi connectivity index (χ0n) is 7.90. The van der Waals surface area contributed by atoms with E-state index in [0.717, 1.165) is 32.1 Å². The second-order valence-corrected chi connectivity index (χ2v) is 3.66. The largest absolute Gasteiger partial charge is 0.480 e. The van der Waals surface area contributed by atoms with Gasteiger partial charge < -0.3 is 15.5 Å². The van der Waals surface area contributed by atoms with Gasteiger partial charge in [-0.15, -0.1) is 0 Å². The van der Waals surface area contributed by atoms with Crippen molar-refractivity contribution in [1.82, 2.24) is 5.32 Å². The molecule has 1 aliphatic rings. The van der Waals surface area contributed by atoms with Crippen molar-refractivity contribution in [2.24, 2.45) is 5.92 Å². The lowest BCUT2D eigenvalue weighted by Gasteiger charge is -2.26. The molecule has 0 aromatic rings. The summed E-state index contributed by atoms with van der Waals surface area (Å²) in [7, 11) is 0. The average molecular weight is 201 g/mol. The number of aliphatic carboxylic acids is 1. The quantitative estimate of drug-likeness (QED) is 0.642. The molecule has 0 aromatic heterocycles. The number of carboxylic acids is 1. The van der Waals surface area contributed by atoms with Crippen LogP contribution in [0.25, 0.3) is 0 Å². The Morgan fingerprint density at radius 2 is 1.71 bits per heavy atom. The fraction of sp³-hybridized carbons (Fsp3) is 0.778. The Morgan fingerprint density at radius 3 is 2.14 bits per heavy atom. The first kappa shape index (κ1) is 10.8. The minimum Gasteiger partial charge on any atom is -0.480 e. The Balaban J connectivity index is 2.56. The highest BCUT2D eigenvalue weighted by Gasteiger charge is 2.30. The molecule has 0 aromatic carbocycles. The van der Waals surface area contributed by atoms with Crippen molar-refractivity contribution in [3.05, 3.63) is 0 Å². The molecular weight excluding hydrogens is 186 g/mol. The third-order valence-corrected chi connectivity index (χ3v) is 2.67. The van der Waals surface area contributed by atoms with Crippen LogP contribution in [0, 0.1) is 5.92 Å². The van der Waals surface area contributed by atoms with Crippen molar-refractivity contribution in [2.45, 2.75) is 38.1 Å². The first-order valence-electron chi connectivity index (χ1n) is 4.83. The topological polar surface area (TPSA) is 86.6 Å². The SMILES string of the molecule is O=C(O)NC(C(=O)O)C1CCCCC1. The zero-order chi connectivity index (χ0) is 10.6. The van der Waals surface area contributed by atoms with Crippen LogP contribution in [0.4, 0.5) is 4.79 Å². The van der Waals surface area contributed by atoms with E-state index in [-0.39, 0.29) is 5.92 Å². The van der Waals surface area contributed by atoms with Gasteiger partial charge in [-0.05, 0) is 18.8 Å². The van der Waals surface area contributed by atoms with Gasteiger partial charge in [0.2, 0.25) is 0 Å². The molecule has 1 aliphatic carbocycles. The van der Waals surface area contributed by atoms with Gasteiger partial charge in [-0.25, -0.2) is 9.59 Å². The molecule has 3 N–H and O–H groups in total. The van der Waals surface area contributed by atoms with Crippen molar-refractivity contribution in [1.29, 1.82) is 0 Å². The molecule has 1 fully saturated rings. The number of hydrogen-bond acceptors (Lipinski definition) is 2. The fourth-order valence-electron chi connectivity index (χ4n) is 1.98. The Kier molecular flexibility index (Phi) is 3.73. The van der Waals surface area contributed by atoms with Crippen molar-refractivity contribution >= 4 is 12.1 Å². The summed E-state index contributed by atoms with van der Waals surface area (Å²) in [6, 6.07) is -0.937. The standard InChI is InChI=1S/C9H15NO4/c11-8(12)7(10-9(13)14)6-4-2-1-3-5-6/h6-7,10H,1-5H2,(H,11,12)(H,13,14). The Bertz CT molecular complexity index is 223. The molecule has 5 heteroatoms. The first-order valence-corrected chi connectivity index (χ1v) is 4.83. The van der Waals surface area contributed by atoms with Gasteiger partial charge in [0.1, 0.15) is 6.04 Å². The predicted molar refractivity (Wildman–Crippen MR) is 49.2 cm³/mol. The van der Waals surface area contributed by atoms with Gasteiger partial charge in [-0.2, -0.15) is 0 Å². The molecule has 1 unspecified atom stereocenters. The molecule has 0 saturated heterocycles. The molecule has 1 amide bonds. The van der Waals surface area contributed by atoms with Gasteiger partial charge in [0.25, 0.3) is 0 Å². The van der Waals surface area contributed by atoms with E-state index in [1.54, 1.807) is 0 Å². The second-order valence-electron chi connectivity index (χ2n) is 3.66. The van der Waals surface area contributed by atoms with E-state index in [1.165, 1.54) is 0 Å². The molecule has 5 nitrogen and oxygen atoms in total. The number of rotatable bonds is 3. The van der Waals surface area contributed by atoms with Crippen molar-refractivity contribution in [3.8, 4) is 0 Å². The van der Waals surface area contributed by atoms with Crippen LogP contribution in [-0.2, 0) is 4.79 Å². The van der Waals surface area contributed by atoms with E-state index >= 15 is 0 Å². The number of nitrogens with one attached hydrogen (secondary N) is 1. The Morgan fingerprint density at radius 1 is 1.14 bits per heavy atom. The lowest BCUT2D eigenvalue weighted by molar-refractivity contribution is -0.141. The van der Waals surface area contributed by atoms with E-state index in [0.29, 0.717) is 0 Å². The number of carbonyl (C=O) groups is 2. The molecular formula is C9H15NO4. The smallest absolute Gasteiger partial charge is 0.405 e. The predicted octanol–water partition coefficient (Wildman–Crippen LogP) is 1.29. The molecule has 0 spiro atoms. The van der Waals surface area contributed by atoms with E-state index in [9.17, 15) is 9.59 Å². The average Bonchev–Trinajstić information content (AvgIpc) is 2.15. The molecule has 0 bridgehead atoms. The summed E-state index contributed by atoms with van der Waals surface area (Å²) in [6.07, 6.45) is 3.46. The van der Waals surface area contributed by atoms with Crippen LogP contribution in [-0.4, -0.2) is 28.3 Å². The van der Waals surface area contributed by atoms with Crippen molar-refractivity contribution in [2.75, 3.05) is 0 Å². The molecule has 14 heavy (non-hydrogen) atoms. The van der Waals surface area contributed by atoms with Crippen LogP contribution in [0.3, 0.4) is 0 Å². The third-order valence-electron chi connectivity index (χ3n) is 2.67. The molecule has 0 radical (unpaired) electrons. The van der Waals surface area contributed by atoms with Crippen LogP contribution in [0.15, 0.2) is 0 Å². The minimum absolute atomic E-state index is 0.0441. The molecule has 1 rings (SSSR count). The highest BCUT2D eigenvalue weighted by atomic mass is 16.4. The second kappa shape index (κ2) is 4.83. The van der Waals surface area contributed by atoms with Gasteiger partial charge >= 0.3 is 12.1 Å². The Labute approximate surface area is 82.1 Å². The van der Waals surface area contributed by atoms with Crippen molar-refractivity contribution in [3.63, 3.8) is 0 Å². The molecule has 0 aliphatic heterocycles. The van der Waals surface area contributed by atoms with Crippen LogP contribution in [0.5, 0.6) is 0 Å². The lowest BCUT2D eigenvalue weighted by Crippen LogP contribution is -2.45. The number of amides is 1. The van der Waals surface area contributed by atoms with Crippen LogP contribution in [0.2, 0.25) is 0 Å². The van der Waals surface area contributed by atoms with E-state index in [2.05, 4.69) is 5.32 Å². The maximum atomic E-state index is 10.8. The molecule has 1 atom stereocenters. The fourth-order valence-corrected chi connectivity index (χ4v) is 1.98. The molecule has 0 heterocycles. The first-order chi connectivity index (χ1) is 6.61. The van der Waals surface area contributed by atoms with Crippen LogP contribution in [0.1, 0.15) is 32.1 Å². The monoisotopic (exact) mass is 201 g/mol. The summed E-state index contributed by atoms with van der Waals surface area (Å²) in [5, 5.41) is 19.4. The lowest BCUT2D eigenvalue weighted by atomic mass is 9.84. The molecule has 80 valence electrons. The van der Waals surface area contributed by atoms with Gasteiger partial charge in [0, 0.05) is 0 Å². The summed E-state index contributed by atoms with van der Waals surface area (Å²) in [4.78, 5) is 21.2. The van der Waals surface area contributed by atoms with E-state index in [4.69, 9.17) is 10.2 Å². The highest BCUT2D eigenvalue weighted by Crippen LogP contribution is 2.26. The van der Waals surface area contributed by atoms with Gasteiger partial charge in [-0.3, -0.25) is 0 Å². The van der Waals surface area contributed by atoms with E-state index < -0.39 is 18.1 Å². The third kappa shape index (κ3) is 2.90. The van der Waals surface area contributed by atoms with Gasteiger partial charge in [0.15, 0.2) is 0 Å². The summed E-state index contributed by atoms with van der Waals surface area (Å²) in [6.45, 7) is 0. The molecule has 1 saturated carbocycles. The highest BCUT2D eigenvalue weighted by molar-refractivity contribution is 5.79. The summed E-state index contributed by atoms with van der Waals surface area (Å²) >= 11 is 0. The summed E-state index contributed by atoms with van der Waals surface area (Å²) in [5.41, 5.74) is 0. The summed E-state index contributed by atoms with van der Waals surface area (Å²) in [5.74, 6) is -1.11. The number of hydrogen-bond donors (Lipinski definition) is 3. The van der Waals surface area contributed by atoms with Gasteiger partial charge in [-0.1, -0.05) is 19.3 Å². The van der Waals surface area contributed by atoms with Crippen LogP contribution < -0.4 is 5.32 Å². The number of carboxylic acid groups (broad SMARTS) is 2. The normalized spacial score (nSPS) is 20.0. The van der Waals surface area contributed by atoms with E-state index in [1.807, 2.05) is 0 Å². The summed E-state index contributed by atoms with van der Waals surface area (Å²) < 4.78 is 0. The Hall–Kier alpha value is -1.26. The van der Waals surface area contributed by atoms with Gasteiger partial charge in [0.05, 0.1) is 0 Å². The maximum Gasteiger partial charge on any atom is 0.405 e. The minimum atomic E-state index is -1.26. The van der Waals surface area contributed by atoms with Crippen LogP contribution >= 0.6 is 0 Å². The zero-order valence-corrected chi connectivity index (χ0v) is 7.90. The maximum absolute atomic E-state index is 10.8.